The zero-order valence-electron chi connectivity index (χ0n) is 23.8. The van der Waals surface area contributed by atoms with Crippen LogP contribution >= 0.6 is 34.8 Å². The molecule has 46 heavy (non-hydrogen) atoms. The molecule has 0 aliphatic rings. The minimum atomic E-state index is -0.454. The molecule has 0 aliphatic heterocycles. The highest BCUT2D eigenvalue weighted by Crippen LogP contribution is 2.23. The Hall–Kier alpha value is -4.01. The number of nitrogens with two attached hydrogens (primary N) is 1. The van der Waals surface area contributed by atoms with Crippen molar-refractivity contribution in [3.05, 3.63) is 63.9 Å². The fourth-order valence-corrected chi connectivity index (χ4v) is 3.53. The van der Waals surface area contributed by atoms with Gasteiger partial charge in [-0.3, -0.25) is 0 Å². The predicted octanol–water partition coefficient (Wildman–Crippen LogP) is 8.56. The Kier molecular flexibility index (Phi) is 22.4. The Balaban J connectivity index is 0. The van der Waals surface area contributed by atoms with Gasteiger partial charge in [0.25, 0.3) is 0 Å². The molecule has 12 nitrogen and oxygen atoms in total. The second kappa shape index (κ2) is 23.3. The number of halogens is 5. The van der Waals surface area contributed by atoms with Gasteiger partial charge in [-0.1, -0.05) is 36.1 Å². The Morgan fingerprint density at radius 3 is 1.46 bits per heavy atom. The van der Waals surface area contributed by atoms with Gasteiger partial charge in [-0.15, -0.1) is 0 Å². The van der Waals surface area contributed by atoms with Crippen LogP contribution in [0.4, 0.5) is 38.0 Å². The van der Waals surface area contributed by atoms with Gasteiger partial charge in [0.1, 0.15) is 0 Å². The van der Waals surface area contributed by atoms with E-state index in [0.717, 1.165) is 25.9 Å². The van der Waals surface area contributed by atoms with E-state index in [4.69, 9.17) is 45.3 Å². The first-order valence-electron chi connectivity index (χ1n) is 12.7. The number of hydrogen-bond donors (Lipinski definition) is 4. The number of hydrogen-bond acceptors (Lipinski definition) is 12. The van der Waals surface area contributed by atoms with Gasteiger partial charge in [-0.2, -0.15) is 29.9 Å². The second-order valence-corrected chi connectivity index (χ2v) is 9.18. The molecular weight excluding hydrogens is 665 g/mol. The van der Waals surface area contributed by atoms with Crippen LogP contribution in [0.25, 0.3) is 0 Å². The molecule has 4 aromatic rings. The minimum absolute atomic E-state index is 0. The summed E-state index contributed by atoms with van der Waals surface area (Å²) in [5.41, 5.74) is 6.22. The Bertz CT molecular complexity index is 1380. The fraction of sp³-hybridized carbons (Fsp3) is 0.379. The molecule has 0 fully saturated rings. The zero-order chi connectivity index (χ0) is 31.8. The summed E-state index contributed by atoms with van der Waals surface area (Å²) in [5, 5.41) is 9.25. The highest BCUT2D eigenvalue weighted by Gasteiger charge is 2.09. The summed E-state index contributed by atoms with van der Waals surface area (Å²) < 4.78 is 36.0. The molecule has 0 atom stereocenters. The summed E-state index contributed by atoms with van der Waals surface area (Å²) in [6.07, 6.45) is 1.91. The molecule has 0 aliphatic carbocycles. The fourth-order valence-electron chi connectivity index (χ4n) is 2.92. The molecular formula is C29H43Cl3F2N10O2. The van der Waals surface area contributed by atoms with Crippen molar-refractivity contribution in [2.75, 3.05) is 49.0 Å². The molecule has 2 heterocycles. The van der Waals surface area contributed by atoms with Crippen LogP contribution in [0.2, 0.25) is 15.9 Å². The third-order valence-corrected chi connectivity index (χ3v) is 5.35. The van der Waals surface area contributed by atoms with Crippen molar-refractivity contribution in [2.24, 2.45) is 0 Å². The molecule has 2 aromatic carbocycles. The molecule has 4 rings (SSSR count). The number of benzene rings is 2. The van der Waals surface area contributed by atoms with E-state index in [9.17, 15) is 8.78 Å². The number of anilines is 5. The quantitative estimate of drug-likeness (QED) is 0.117. The molecule has 0 bridgehead atoms. The maximum atomic E-state index is 13.8. The molecule has 17 heteroatoms. The third-order valence-electron chi connectivity index (χ3n) is 4.84. The van der Waals surface area contributed by atoms with E-state index in [1.54, 1.807) is 18.2 Å². The third kappa shape index (κ3) is 15.8. The largest absolute Gasteiger partial charge is 0.494 e. The van der Waals surface area contributed by atoms with Crippen molar-refractivity contribution in [3.63, 3.8) is 0 Å². The smallest absolute Gasteiger partial charge is 0.233 e. The summed E-state index contributed by atoms with van der Waals surface area (Å²) in [6, 6.07) is 8.88. The summed E-state index contributed by atoms with van der Waals surface area (Å²) in [4.78, 5) is 23.3. The van der Waals surface area contributed by atoms with Crippen molar-refractivity contribution in [2.45, 2.75) is 49.0 Å². The number of nitrogens with zero attached hydrogens (tertiary/aromatic N) is 6. The first-order chi connectivity index (χ1) is 20.6. The highest BCUT2D eigenvalue weighted by molar-refractivity contribution is 6.33. The first-order valence-corrected chi connectivity index (χ1v) is 13.9. The van der Waals surface area contributed by atoms with Crippen molar-refractivity contribution >= 4 is 64.0 Å². The van der Waals surface area contributed by atoms with Crippen molar-refractivity contribution in [1.29, 1.82) is 0 Å². The van der Waals surface area contributed by atoms with E-state index < -0.39 is 11.6 Å². The second-order valence-electron chi connectivity index (χ2n) is 8.17. The minimum Gasteiger partial charge on any atom is -0.494 e. The van der Waals surface area contributed by atoms with Crippen molar-refractivity contribution in [3.8, 4) is 11.5 Å². The Morgan fingerprint density at radius 2 is 1.07 bits per heavy atom. The summed E-state index contributed by atoms with van der Waals surface area (Å²) in [7, 11) is 2.84. The number of methoxy groups -OCH3 is 2. The van der Waals surface area contributed by atoms with E-state index in [-0.39, 0.29) is 49.6 Å². The predicted molar refractivity (Wildman–Crippen MR) is 186 cm³/mol. The standard InChI is InChI=1S/C16H23FN6O.C7H8FNO.C3Cl3N3.3CH4/c1-4-8-18-14-21-15(19-9-5-2)23-16(22-14)20-11-6-7-13(24-3)12(17)10-11;1-10-7-3-2-5(9)4-6(7)8;4-1-7-2(5)9-3(6)8-1;;;/h6-7,10H,4-5,8-9H2,1-3H3,(H3,18,19,20,21,22,23);2-4H,9H2,1H3;;3*1H4. The van der Waals surface area contributed by atoms with E-state index in [1.807, 2.05) is 0 Å². The van der Waals surface area contributed by atoms with Crippen LogP contribution in [-0.2, 0) is 0 Å². The number of rotatable bonds is 10. The normalized spacial score (nSPS) is 9.33. The molecule has 0 saturated heterocycles. The molecule has 0 unspecified atom stereocenters. The van der Waals surface area contributed by atoms with Gasteiger partial charge in [0.15, 0.2) is 23.1 Å². The highest BCUT2D eigenvalue weighted by atomic mass is 35.5. The number of ether oxygens (including phenoxy) is 2. The summed E-state index contributed by atoms with van der Waals surface area (Å²) >= 11 is 16.0. The Labute approximate surface area is 284 Å². The van der Waals surface area contributed by atoms with Gasteiger partial charge < -0.3 is 31.2 Å². The molecule has 2 aromatic heterocycles. The van der Waals surface area contributed by atoms with Crippen LogP contribution in [0.3, 0.4) is 0 Å². The van der Waals surface area contributed by atoms with Crippen LogP contribution in [0.1, 0.15) is 49.0 Å². The van der Waals surface area contributed by atoms with Gasteiger partial charge >= 0.3 is 0 Å². The lowest BCUT2D eigenvalue weighted by Gasteiger charge is -2.11. The van der Waals surface area contributed by atoms with Crippen LogP contribution < -0.4 is 31.2 Å². The SMILES string of the molecule is C.C.C.CCCNc1nc(NCCC)nc(Nc2ccc(OC)c(F)c2)n1.COc1ccc(N)cc1F.Clc1nc(Cl)nc(Cl)n1. The van der Waals surface area contributed by atoms with Crippen LogP contribution in [-0.4, -0.2) is 57.2 Å². The molecule has 0 saturated carbocycles. The number of nitrogens with one attached hydrogen (secondary N) is 3. The molecule has 256 valence electrons. The van der Waals surface area contributed by atoms with E-state index in [1.165, 1.54) is 32.4 Å². The van der Waals surface area contributed by atoms with E-state index >= 15 is 0 Å². The average Bonchev–Trinajstić information content (AvgIpc) is 2.95. The van der Waals surface area contributed by atoms with Gasteiger partial charge in [-0.05, 0) is 71.9 Å². The Morgan fingerprint density at radius 1 is 0.652 bits per heavy atom. The number of aromatic nitrogens is 6. The van der Waals surface area contributed by atoms with Crippen LogP contribution in [0.15, 0.2) is 36.4 Å². The van der Waals surface area contributed by atoms with Gasteiger partial charge in [-0.25, -0.2) is 8.78 Å². The average molecular weight is 708 g/mol. The molecule has 5 N–H and O–H groups in total. The lowest BCUT2D eigenvalue weighted by Crippen LogP contribution is -2.12. The van der Waals surface area contributed by atoms with Crippen LogP contribution in [0, 0.1) is 11.6 Å². The number of nitrogen functional groups attached to an aromatic ring is 1. The van der Waals surface area contributed by atoms with Crippen molar-refractivity contribution < 1.29 is 18.3 Å². The molecule has 0 spiro atoms. The first kappa shape index (κ1) is 44.1. The molecule has 0 amide bonds. The van der Waals surface area contributed by atoms with E-state index in [2.05, 4.69) is 64.4 Å². The lowest BCUT2D eigenvalue weighted by atomic mass is 10.3. The maximum Gasteiger partial charge on any atom is 0.233 e. The van der Waals surface area contributed by atoms with Gasteiger partial charge in [0.2, 0.25) is 33.7 Å². The summed E-state index contributed by atoms with van der Waals surface area (Å²) in [6.45, 7) is 5.63. The zero-order valence-corrected chi connectivity index (χ0v) is 26.0. The van der Waals surface area contributed by atoms with Gasteiger partial charge in [0.05, 0.1) is 14.2 Å². The van der Waals surface area contributed by atoms with E-state index in [0.29, 0.717) is 29.2 Å². The van der Waals surface area contributed by atoms with Gasteiger partial charge in [0, 0.05) is 36.6 Å². The molecule has 0 radical (unpaired) electrons. The monoisotopic (exact) mass is 706 g/mol. The van der Waals surface area contributed by atoms with Crippen LogP contribution in [0.5, 0.6) is 11.5 Å². The maximum absolute atomic E-state index is 13.8. The lowest BCUT2D eigenvalue weighted by molar-refractivity contribution is 0.386. The van der Waals surface area contributed by atoms with Crippen molar-refractivity contribution in [1.82, 2.24) is 29.9 Å². The summed E-state index contributed by atoms with van der Waals surface area (Å²) in [5.74, 6) is 0.810. The topological polar surface area (TPSA) is 158 Å².